The molecule has 2 aliphatic rings. The SMILES string of the molecule is CCOC(=O)C1=C(CN2CCN(c3ccc(F)cc3)CC2)NC(=O)N[C@@H]1c1ccc(C)cc1. The first kappa shape index (κ1) is 22.8. The topological polar surface area (TPSA) is 73.9 Å². The third-order valence-corrected chi connectivity index (χ3v) is 6.01. The molecular formula is C25H29FN4O3. The highest BCUT2D eigenvalue weighted by Crippen LogP contribution is 2.29. The lowest BCUT2D eigenvalue weighted by molar-refractivity contribution is -0.139. The summed E-state index contributed by atoms with van der Waals surface area (Å²) in [4.78, 5) is 29.8. The molecule has 1 saturated heterocycles. The average molecular weight is 453 g/mol. The number of aryl methyl sites for hydroxylation is 1. The number of hydrogen-bond acceptors (Lipinski definition) is 5. The second kappa shape index (κ2) is 10.0. The highest BCUT2D eigenvalue weighted by molar-refractivity contribution is 5.95. The summed E-state index contributed by atoms with van der Waals surface area (Å²) in [5.41, 5.74) is 3.91. The smallest absolute Gasteiger partial charge is 0.338 e. The summed E-state index contributed by atoms with van der Waals surface area (Å²) in [6.45, 7) is 7.46. The van der Waals surface area contributed by atoms with E-state index in [1.165, 1.54) is 12.1 Å². The zero-order chi connectivity index (χ0) is 23.4. The van der Waals surface area contributed by atoms with Gasteiger partial charge in [0, 0.05) is 44.1 Å². The van der Waals surface area contributed by atoms with Crippen LogP contribution in [0.3, 0.4) is 0 Å². The number of rotatable bonds is 6. The van der Waals surface area contributed by atoms with E-state index in [1.54, 1.807) is 19.1 Å². The van der Waals surface area contributed by atoms with Crippen molar-refractivity contribution in [2.45, 2.75) is 19.9 Å². The van der Waals surface area contributed by atoms with E-state index >= 15 is 0 Å². The lowest BCUT2D eigenvalue weighted by atomic mass is 9.94. The molecule has 2 aromatic rings. The van der Waals surface area contributed by atoms with Crippen LogP contribution in [0.5, 0.6) is 0 Å². The van der Waals surface area contributed by atoms with Gasteiger partial charge in [-0.1, -0.05) is 29.8 Å². The van der Waals surface area contributed by atoms with E-state index in [1.807, 2.05) is 31.2 Å². The Bertz CT molecular complexity index is 1030. The fraction of sp³-hybridized carbons (Fsp3) is 0.360. The summed E-state index contributed by atoms with van der Waals surface area (Å²) in [6.07, 6.45) is 0. The number of piperazine rings is 1. The molecule has 2 amide bonds. The fourth-order valence-electron chi connectivity index (χ4n) is 4.24. The molecular weight excluding hydrogens is 423 g/mol. The summed E-state index contributed by atoms with van der Waals surface area (Å²) >= 11 is 0. The van der Waals surface area contributed by atoms with Gasteiger partial charge in [-0.15, -0.1) is 0 Å². The molecule has 1 fully saturated rings. The van der Waals surface area contributed by atoms with Gasteiger partial charge in [0.25, 0.3) is 0 Å². The highest BCUT2D eigenvalue weighted by Gasteiger charge is 2.34. The van der Waals surface area contributed by atoms with Crippen molar-refractivity contribution in [3.05, 3.63) is 76.7 Å². The molecule has 1 atom stereocenters. The molecule has 0 radical (unpaired) electrons. The normalized spacial score (nSPS) is 19.2. The van der Waals surface area contributed by atoms with Crippen molar-refractivity contribution >= 4 is 17.7 Å². The van der Waals surface area contributed by atoms with Crippen LogP contribution >= 0.6 is 0 Å². The minimum atomic E-state index is -0.575. The standard InChI is InChI=1S/C25H29FN4O3/c1-3-33-24(31)22-21(27-25(32)28-23(22)18-6-4-17(2)5-7-18)16-29-12-14-30(15-13-29)20-10-8-19(26)9-11-20/h4-11,23H,3,12-16H2,1-2H3,(H2,27,28,32)/t23-/m1/s1. The van der Waals surface area contributed by atoms with E-state index in [-0.39, 0.29) is 18.5 Å². The number of halogens is 1. The number of amides is 2. The largest absolute Gasteiger partial charge is 0.463 e. The van der Waals surface area contributed by atoms with Crippen LogP contribution in [0.25, 0.3) is 0 Å². The van der Waals surface area contributed by atoms with Gasteiger partial charge in [-0.05, 0) is 43.7 Å². The second-order valence-electron chi connectivity index (χ2n) is 8.29. The van der Waals surface area contributed by atoms with Crippen LogP contribution in [-0.4, -0.2) is 56.2 Å². The average Bonchev–Trinajstić information content (AvgIpc) is 2.80. The number of hydrogen-bond donors (Lipinski definition) is 2. The van der Waals surface area contributed by atoms with E-state index in [0.29, 0.717) is 17.8 Å². The van der Waals surface area contributed by atoms with E-state index in [0.717, 1.165) is 43.0 Å². The van der Waals surface area contributed by atoms with Crippen molar-refractivity contribution in [1.82, 2.24) is 15.5 Å². The van der Waals surface area contributed by atoms with Crippen LogP contribution in [0.4, 0.5) is 14.9 Å². The van der Waals surface area contributed by atoms with Gasteiger partial charge in [0.1, 0.15) is 5.82 Å². The van der Waals surface area contributed by atoms with Crippen molar-refractivity contribution in [3.63, 3.8) is 0 Å². The van der Waals surface area contributed by atoms with Crippen molar-refractivity contribution < 1.29 is 18.7 Å². The minimum Gasteiger partial charge on any atom is -0.463 e. The van der Waals surface area contributed by atoms with Gasteiger partial charge in [0.05, 0.1) is 18.2 Å². The number of benzene rings is 2. The second-order valence-corrected chi connectivity index (χ2v) is 8.29. The quantitative estimate of drug-likeness (QED) is 0.659. The van der Waals surface area contributed by atoms with Gasteiger partial charge >= 0.3 is 12.0 Å². The Morgan fingerprint density at radius 2 is 1.73 bits per heavy atom. The Balaban J connectivity index is 1.54. The molecule has 7 nitrogen and oxygen atoms in total. The molecule has 2 aliphatic heterocycles. The molecule has 0 saturated carbocycles. The first-order valence-corrected chi connectivity index (χ1v) is 11.2. The predicted octanol–water partition coefficient (Wildman–Crippen LogP) is 3.13. The fourth-order valence-corrected chi connectivity index (χ4v) is 4.24. The zero-order valence-electron chi connectivity index (χ0n) is 18.9. The predicted molar refractivity (Wildman–Crippen MR) is 124 cm³/mol. The number of ether oxygens (including phenoxy) is 1. The van der Waals surface area contributed by atoms with E-state index in [9.17, 15) is 14.0 Å². The molecule has 0 spiro atoms. The number of esters is 1. The Labute approximate surface area is 193 Å². The van der Waals surface area contributed by atoms with Gasteiger partial charge in [-0.2, -0.15) is 0 Å². The molecule has 2 N–H and O–H groups in total. The molecule has 4 rings (SSSR count). The highest BCUT2D eigenvalue weighted by atomic mass is 19.1. The lowest BCUT2D eigenvalue weighted by Crippen LogP contribution is -2.51. The molecule has 0 unspecified atom stereocenters. The number of urea groups is 1. The van der Waals surface area contributed by atoms with E-state index in [4.69, 9.17) is 4.74 Å². The molecule has 0 aliphatic carbocycles. The van der Waals surface area contributed by atoms with E-state index in [2.05, 4.69) is 20.4 Å². The van der Waals surface area contributed by atoms with Gasteiger partial charge in [-0.25, -0.2) is 14.0 Å². The molecule has 2 heterocycles. The first-order valence-electron chi connectivity index (χ1n) is 11.2. The minimum absolute atomic E-state index is 0.249. The van der Waals surface area contributed by atoms with Crippen LogP contribution in [0.1, 0.15) is 24.1 Å². The van der Waals surface area contributed by atoms with Gasteiger partial charge in [0.15, 0.2) is 0 Å². The molecule has 8 heteroatoms. The van der Waals surface area contributed by atoms with Gasteiger partial charge in [-0.3, -0.25) is 4.90 Å². The molecule has 174 valence electrons. The number of nitrogens with zero attached hydrogens (tertiary/aromatic N) is 2. The maximum absolute atomic E-state index is 13.2. The van der Waals surface area contributed by atoms with Crippen LogP contribution in [-0.2, 0) is 9.53 Å². The number of nitrogens with one attached hydrogen (secondary N) is 2. The molecule has 0 bridgehead atoms. The molecule has 2 aromatic carbocycles. The maximum atomic E-state index is 13.2. The zero-order valence-corrected chi connectivity index (χ0v) is 18.9. The van der Waals surface area contributed by atoms with Crippen LogP contribution in [0.15, 0.2) is 59.8 Å². The van der Waals surface area contributed by atoms with Gasteiger partial charge < -0.3 is 20.3 Å². The lowest BCUT2D eigenvalue weighted by Gasteiger charge is -2.38. The Morgan fingerprint density at radius 3 is 2.36 bits per heavy atom. The van der Waals surface area contributed by atoms with Crippen molar-refractivity contribution in [2.24, 2.45) is 0 Å². The third kappa shape index (κ3) is 5.34. The number of anilines is 1. The van der Waals surface area contributed by atoms with Gasteiger partial charge in [0.2, 0.25) is 0 Å². The van der Waals surface area contributed by atoms with E-state index < -0.39 is 12.0 Å². The summed E-state index contributed by atoms with van der Waals surface area (Å²) in [5.74, 6) is -0.684. The Morgan fingerprint density at radius 1 is 1.06 bits per heavy atom. The van der Waals surface area contributed by atoms with Crippen molar-refractivity contribution in [3.8, 4) is 0 Å². The third-order valence-electron chi connectivity index (χ3n) is 6.01. The molecule has 33 heavy (non-hydrogen) atoms. The maximum Gasteiger partial charge on any atom is 0.338 e. The molecule has 0 aromatic heterocycles. The first-order chi connectivity index (χ1) is 15.9. The van der Waals surface area contributed by atoms with Crippen molar-refractivity contribution in [2.75, 3.05) is 44.2 Å². The monoisotopic (exact) mass is 452 g/mol. The number of carbonyl (C=O) groups is 2. The van der Waals surface area contributed by atoms with Crippen LogP contribution < -0.4 is 15.5 Å². The summed E-state index contributed by atoms with van der Waals surface area (Å²) < 4.78 is 18.6. The summed E-state index contributed by atoms with van der Waals surface area (Å²) in [6, 6.07) is 13.3. The van der Waals surface area contributed by atoms with Crippen LogP contribution in [0.2, 0.25) is 0 Å². The van der Waals surface area contributed by atoms with Crippen molar-refractivity contribution in [1.29, 1.82) is 0 Å². The number of carbonyl (C=O) groups excluding carboxylic acids is 2. The summed E-state index contributed by atoms with van der Waals surface area (Å²) in [5, 5.41) is 5.72. The van der Waals surface area contributed by atoms with Crippen LogP contribution in [0, 0.1) is 12.7 Å². The Kier molecular flexibility index (Phi) is 6.93. The summed E-state index contributed by atoms with van der Waals surface area (Å²) in [7, 11) is 0. The Hall–Kier alpha value is -3.39.